The summed E-state index contributed by atoms with van der Waals surface area (Å²) in [5.41, 5.74) is -1.49. The molecule has 2 nitrogen and oxygen atoms in total. The van der Waals surface area contributed by atoms with Gasteiger partial charge in [0.15, 0.2) is 5.67 Å². The van der Waals surface area contributed by atoms with Crippen molar-refractivity contribution < 1.29 is 9.18 Å². The second-order valence-corrected chi connectivity index (χ2v) is 3.97. The summed E-state index contributed by atoms with van der Waals surface area (Å²) in [5, 5.41) is 0. The van der Waals surface area contributed by atoms with Crippen molar-refractivity contribution in [2.24, 2.45) is 0 Å². The summed E-state index contributed by atoms with van der Waals surface area (Å²) in [6.45, 7) is 0. The Morgan fingerprint density at radius 3 is 2.42 bits per heavy atom. The Hall–Kier alpha value is -0.600. The van der Waals surface area contributed by atoms with Crippen LogP contribution in [0.25, 0.3) is 0 Å². The highest BCUT2D eigenvalue weighted by Gasteiger charge is 2.48. The van der Waals surface area contributed by atoms with Crippen LogP contribution >= 0.6 is 0 Å². The maximum atomic E-state index is 13.5. The van der Waals surface area contributed by atoms with Crippen LogP contribution in [0.2, 0.25) is 0 Å². The minimum Gasteiger partial charge on any atom is -0.340 e. The quantitative estimate of drug-likeness (QED) is 0.616. The van der Waals surface area contributed by atoms with E-state index < -0.39 is 5.67 Å². The van der Waals surface area contributed by atoms with Gasteiger partial charge in [0.05, 0.1) is 0 Å². The van der Waals surface area contributed by atoms with Gasteiger partial charge in [-0.3, -0.25) is 4.79 Å². The maximum Gasteiger partial charge on any atom is 0.260 e. The molecule has 0 aliphatic heterocycles. The number of amides is 1. The summed E-state index contributed by atoms with van der Waals surface area (Å²) in [5.74, 6) is -0.281. The first-order valence-corrected chi connectivity index (χ1v) is 4.60. The molecular weight excluding hydrogens is 157 g/mol. The van der Waals surface area contributed by atoms with Gasteiger partial charge in [-0.05, 0) is 32.1 Å². The van der Waals surface area contributed by atoms with Crippen molar-refractivity contribution in [3.05, 3.63) is 0 Å². The second kappa shape index (κ2) is 2.44. The van der Waals surface area contributed by atoms with Crippen LogP contribution in [0.3, 0.4) is 0 Å². The predicted octanol–water partition coefficient (Wildman–Crippen LogP) is 1.50. The molecule has 0 heterocycles. The van der Waals surface area contributed by atoms with Gasteiger partial charge in [-0.2, -0.15) is 0 Å². The van der Waals surface area contributed by atoms with E-state index in [-0.39, 0.29) is 5.91 Å². The van der Waals surface area contributed by atoms with E-state index in [9.17, 15) is 9.18 Å². The molecule has 2 fully saturated rings. The zero-order valence-corrected chi connectivity index (χ0v) is 7.35. The smallest absolute Gasteiger partial charge is 0.260 e. The van der Waals surface area contributed by atoms with Gasteiger partial charge in [-0.15, -0.1) is 0 Å². The zero-order valence-electron chi connectivity index (χ0n) is 7.35. The van der Waals surface area contributed by atoms with Crippen molar-refractivity contribution in [1.29, 1.82) is 0 Å². The van der Waals surface area contributed by atoms with Crippen molar-refractivity contribution in [3.63, 3.8) is 0 Å². The van der Waals surface area contributed by atoms with Crippen LogP contribution in [0.1, 0.15) is 32.1 Å². The van der Waals surface area contributed by atoms with Crippen LogP contribution in [0.15, 0.2) is 0 Å². The van der Waals surface area contributed by atoms with Gasteiger partial charge in [-0.1, -0.05) is 0 Å². The molecule has 0 unspecified atom stereocenters. The van der Waals surface area contributed by atoms with Crippen molar-refractivity contribution in [2.75, 3.05) is 7.05 Å². The van der Waals surface area contributed by atoms with E-state index in [0.29, 0.717) is 18.9 Å². The lowest BCUT2D eigenvalue weighted by Gasteiger charge is -2.35. The molecule has 2 aliphatic rings. The Morgan fingerprint density at radius 2 is 2.08 bits per heavy atom. The first kappa shape index (κ1) is 8.02. The van der Waals surface area contributed by atoms with Gasteiger partial charge in [0.2, 0.25) is 0 Å². The van der Waals surface area contributed by atoms with Crippen LogP contribution in [0, 0.1) is 0 Å². The lowest BCUT2D eigenvalue weighted by molar-refractivity contribution is -0.149. The molecule has 0 aromatic rings. The molecule has 0 bridgehead atoms. The fourth-order valence-electron chi connectivity index (χ4n) is 1.64. The Morgan fingerprint density at radius 1 is 1.50 bits per heavy atom. The first-order chi connectivity index (χ1) is 5.63. The zero-order chi connectivity index (χ0) is 8.77. The summed E-state index contributed by atoms with van der Waals surface area (Å²) in [6, 6.07) is 0.339. The number of rotatable bonds is 2. The fourth-order valence-corrected chi connectivity index (χ4v) is 1.64. The molecule has 0 atom stereocenters. The van der Waals surface area contributed by atoms with E-state index in [1.807, 2.05) is 0 Å². The molecule has 0 N–H and O–H groups in total. The lowest BCUT2D eigenvalue weighted by atomic mass is 9.81. The fraction of sp³-hybridized carbons (Fsp3) is 0.889. The van der Waals surface area contributed by atoms with Gasteiger partial charge >= 0.3 is 0 Å². The van der Waals surface area contributed by atoms with Crippen molar-refractivity contribution >= 4 is 5.91 Å². The molecule has 2 rings (SSSR count). The number of hydrogen-bond acceptors (Lipinski definition) is 1. The molecular formula is C9H14FNO. The summed E-state index contributed by atoms with van der Waals surface area (Å²) >= 11 is 0. The van der Waals surface area contributed by atoms with E-state index >= 15 is 0 Å². The number of carbonyl (C=O) groups excluding carboxylic acids is 1. The average Bonchev–Trinajstić information content (AvgIpc) is 2.79. The highest BCUT2D eigenvalue weighted by Crippen LogP contribution is 2.39. The first-order valence-electron chi connectivity index (χ1n) is 4.60. The molecule has 1 amide bonds. The molecule has 0 spiro atoms. The van der Waals surface area contributed by atoms with Crippen LogP contribution in [-0.4, -0.2) is 29.6 Å². The van der Waals surface area contributed by atoms with Gasteiger partial charge in [0, 0.05) is 13.1 Å². The van der Waals surface area contributed by atoms with Crippen LogP contribution < -0.4 is 0 Å². The van der Waals surface area contributed by atoms with E-state index in [2.05, 4.69) is 0 Å². The largest absolute Gasteiger partial charge is 0.340 e. The molecule has 2 saturated carbocycles. The standard InChI is InChI=1S/C9H14FNO/c1-11(7-3-4-7)8(12)9(10)5-2-6-9/h7H,2-6H2,1H3. The molecule has 68 valence electrons. The summed E-state index contributed by atoms with van der Waals surface area (Å²) in [7, 11) is 1.72. The number of halogens is 1. The highest BCUT2D eigenvalue weighted by molar-refractivity contribution is 5.86. The van der Waals surface area contributed by atoms with Gasteiger partial charge in [0.1, 0.15) is 0 Å². The van der Waals surface area contributed by atoms with Crippen molar-refractivity contribution in [2.45, 2.75) is 43.8 Å². The van der Waals surface area contributed by atoms with Gasteiger partial charge in [-0.25, -0.2) is 4.39 Å². The van der Waals surface area contributed by atoms with Crippen molar-refractivity contribution in [3.8, 4) is 0 Å². The molecule has 2 aliphatic carbocycles. The van der Waals surface area contributed by atoms with E-state index in [1.165, 1.54) is 0 Å². The van der Waals surface area contributed by atoms with Crippen LogP contribution in [-0.2, 0) is 4.79 Å². The Labute approximate surface area is 71.7 Å². The second-order valence-electron chi connectivity index (χ2n) is 3.97. The maximum absolute atomic E-state index is 13.5. The van der Waals surface area contributed by atoms with E-state index in [0.717, 1.165) is 19.3 Å². The average molecular weight is 171 g/mol. The monoisotopic (exact) mass is 171 g/mol. The molecule has 0 radical (unpaired) electrons. The SMILES string of the molecule is CN(C(=O)C1(F)CCC1)C1CC1. The lowest BCUT2D eigenvalue weighted by Crippen LogP contribution is -2.49. The van der Waals surface area contributed by atoms with E-state index in [1.54, 1.807) is 11.9 Å². The predicted molar refractivity (Wildman–Crippen MR) is 43.5 cm³/mol. The van der Waals surface area contributed by atoms with Crippen LogP contribution in [0.4, 0.5) is 4.39 Å². The Balaban J connectivity index is 1.97. The summed E-state index contributed by atoms with van der Waals surface area (Å²) < 4.78 is 13.5. The normalized spacial score (nSPS) is 26.2. The third kappa shape index (κ3) is 1.11. The number of hydrogen-bond donors (Lipinski definition) is 0. The minimum absolute atomic E-state index is 0.281. The molecule has 3 heteroatoms. The van der Waals surface area contributed by atoms with Crippen molar-refractivity contribution in [1.82, 2.24) is 4.90 Å². The van der Waals surface area contributed by atoms with E-state index in [4.69, 9.17) is 0 Å². The minimum atomic E-state index is -1.49. The number of carbonyl (C=O) groups is 1. The summed E-state index contributed by atoms with van der Waals surface area (Å²) in [6.07, 6.45) is 3.84. The third-order valence-electron chi connectivity index (χ3n) is 2.94. The van der Waals surface area contributed by atoms with Gasteiger partial charge in [0.25, 0.3) is 5.91 Å². The topological polar surface area (TPSA) is 20.3 Å². The van der Waals surface area contributed by atoms with Crippen LogP contribution in [0.5, 0.6) is 0 Å². The molecule has 0 saturated heterocycles. The summed E-state index contributed by atoms with van der Waals surface area (Å²) in [4.78, 5) is 13.1. The Bertz CT molecular complexity index is 209. The molecule has 0 aromatic carbocycles. The highest BCUT2D eigenvalue weighted by atomic mass is 19.1. The number of alkyl halides is 1. The molecule has 0 aromatic heterocycles. The third-order valence-corrected chi connectivity index (χ3v) is 2.94. The molecule has 12 heavy (non-hydrogen) atoms. The Kier molecular flexibility index (Phi) is 1.63. The number of nitrogens with zero attached hydrogens (tertiary/aromatic N) is 1. The van der Waals surface area contributed by atoms with Gasteiger partial charge < -0.3 is 4.90 Å².